The van der Waals surface area contributed by atoms with E-state index in [0.717, 1.165) is 11.7 Å². The quantitative estimate of drug-likeness (QED) is 0.723. The molecule has 3 heteroatoms. The topological polar surface area (TPSA) is 20.3 Å². The molecule has 0 amide bonds. The van der Waals surface area contributed by atoms with E-state index in [0.29, 0.717) is 11.2 Å². The van der Waals surface area contributed by atoms with E-state index in [9.17, 15) is 4.21 Å². The Kier molecular flexibility index (Phi) is 7.13. The first kappa shape index (κ1) is 18.5. The summed E-state index contributed by atoms with van der Waals surface area (Å²) >= 11 is 0. The second kappa shape index (κ2) is 8.86. The Morgan fingerprint density at radius 2 is 1.61 bits per heavy atom. The first-order valence-corrected chi connectivity index (χ1v) is 10.5. The summed E-state index contributed by atoms with van der Waals surface area (Å²) in [6.45, 7) is 4.15. The summed E-state index contributed by atoms with van der Waals surface area (Å²) in [6, 6.07) is 8.97. The summed E-state index contributed by atoms with van der Waals surface area (Å²) in [5.41, 5.74) is 2.73. The third-order valence-electron chi connectivity index (χ3n) is 5.19. The van der Waals surface area contributed by atoms with Gasteiger partial charge in [0.2, 0.25) is 0 Å². The van der Waals surface area contributed by atoms with Crippen molar-refractivity contribution in [3.05, 3.63) is 29.8 Å². The molecule has 1 atom stereocenters. The number of benzene rings is 1. The average molecular weight is 336 g/mol. The van der Waals surface area contributed by atoms with E-state index >= 15 is 0 Å². The molecule has 2 rings (SSSR count). The van der Waals surface area contributed by atoms with Crippen LogP contribution in [0.3, 0.4) is 0 Å². The lowest BCUT2D eigenvalue weighted by atomic mass is 9.80. The third kappa shape index (κ3) is 5.95. The Morgan fingerprint density at radius 1 is 1.04 bits per heavy atom. The van der Waals surface area contributed by atoms with Gasteiger partial charge in [-0.3, -0.25) is 4.21 Å². The minimum absolute atomic E-state index is 0.317. The van der Waals surface area contributed by atoms with Crippen molar-refractivity contribution in [1.82, 2.24) is 0 Å². The zero-order valence-electron chi connectivity index (χ0n) is 15.3. The Balaban J connectivity index is 1.71. The highest BCUT2D eigenvalue weighted by atomic mass is 32.2. The highest BCUT2D eigenvalue weighted by Crippen LogP contribution is 2.32. The maximum Gasteiger partial charge on any atom is 0.0361 e. The van der Waals surface area contributed by atoms with E-state index in [1.54, 1.807) is 0 Å². The van der Waals surface area contributed by atoms with Gasteiger partial charge in [0.1, 0.15) is 0 Å². The van der Waals surface area contributed by atoms with Crippen molar-refractivity contribution in [3.63, 3.8) is 0 Å². The summed E-state index contributed by atoms with van der Waals surface area (Å²) in [5, 5.41) is 0.317. The molecule has 1 aliphatic carbocycles. The van der Waals surface area contributed by atoms with Gasteiger partial charge in [-0.2, -0.15) is 0 Å². The second-order valence-electron chi connectivity index (χ2n) is 7.58. The van der Waals surface area contributed by atoms with E-state index in [1.165, 1.54) is 49.8 Å². The maximum atomic E-state index is 12.0. The molecule has 1 aliphatic rings. The van der Waals surface area contributed by atoms with Crippen molar-refractivity contribution >= 4 is 16.5 Å². The summed E-state index contributed by atoms with van der Waals surface area (Å²) < 4.78 is 12.0. The van der Waals surface area contributed by atoms with Crippen LogP contribution in [0.2, 0.25) is 0 Å². The van der Waals surface area contributed by atoms with Gasteiger partial charge in [0.05, 0.1) is 0 Å². The van der Waals surface area contributed by atoms with Crippen LogP contribution in [0.25, 0.3) is 0 Å². The Labute approximate surface area is 145 Å². The van der Waals surface area contributed by atoms with Crippen LogP contribution < -0.4 is 4.90 Å². The van der Waals surface area contributed by atoms with E-state index in [2.05, 4.69) is 57.1 Å². The van der Waals surface area contributed by atoms with Crippen LogP contribution in [0.15, 0.2) is 24.3 Å². The third-order valence-corrected chi connectivity index (χ3v) is 7.04. The van der Waals surface area contributed by atoms with E-state index < -0.39 is 10.8 Å². The van der Waals surface area contributed by atoms with E-state index in [4.69, 9.17) is 0 Å². The molecular formula is C20H33NOS. The molecule has 23 heavy (non-hydrogen) atoms. The molecule has 0 N–H and O–H groups in total. The lowest BCUT2D eigenvalue weighted by molar-refractivity contribution is 0.280. The number of anilines is 1. The molecule has 0 radical (unpaired) electrons. The van der Waals surface area contributed by atoms with Gasteiger partial charge in [-0.25, -0.2) is 0 Å². The van der Waals surface area contributed by atoms with Crippen LogP contribution in [0.4, 0.5) is 5.69 Å². The summed E-state index contributed by atoms with van der Waals surface area (Å²) in [5.74, 6) is 2.50. The highest BCUT2D eigenvalue weighted by molar-refractivity contribution is 7.85. The lowest BCUT2D eigenvalue weighted by Crippen LogP contribution is -2.22. The van der Waals surface area contributed by atoms with E-state index in [1.807, 2.05) is 0 Å². The van der Waals surface area contributed by atoms with E-state index in [-0.39, 0.29) is 0 Å². The summed E-state index contributed by atoms with van der Waals surface area (Å²) in [7, 11) is 3.54. The molecule has 2 nitrogen and oxygen atoms in total. The standard InChI is InChI=1S/C20H33NOS/c1-16(2)23(22)15-19-9-7-17(8-10-19)5-6-18-11-13-20(14-12-18)21(3)4/h11-14,16-17,19H,5-10,15H2,1-4H3. The van der Waals surface area contributed by atoms with Gasteiger partial charge in [-0.15, -0.1) is 0 Å². The number of rotatable bonds is 7. The fourth-order valence-corrected chi connectivity index (χ4v) is 4.63. The van der Waals surface area contributed by atoms with Crippen molar-refractivity contribution < 1.29 is 4.21 Å². The predicted octanol–water partition coefficient (Wildman–Crippen LogP) is 4.65. The fourth-order valence-electron chi connectivity index (χ4n) is 3.44. The Bertz CT molecular complexity index is 487. The van der Waals surface area contributed by atoms with Crippen LogP contribution >= 0.6 is 0 Å². The van der Waals surface area contributed by atoms with Crippen molar-refractivity contribution in [3.8, 4) is 0 Å². The van der Waals surface area contributed by atoms with Gasteiger partial charge in [-0.1, -0.05) is 38.8 Å². The molecule has 1 saturated carbocycles. The minimum atomic E-state index is -0.624. The number of hydrogen-bond acceptors (Lipinski definition) is 2. The maximum absolute atomic E-state index is 12.0. The SMILES string of the molecule is CC(C)S(=O)CC1CCC(CCc2ccc(N(C)C)cc2)CC1. The molecule has 0 aromatic heterocycles. The van der Waals surface area contributed by atoms with Crippen molar-refractivity contribution in [1.29, 1.82) is 0 Å². The van der Waals surface area contributed by atoms with Gasteiger partial charge in [-0.05, 0) is 55.2 Å². The predicted molar refractivity (Wildman–Crippen MR) is 103 cm³/mol. The normalized spacial score (nSPS) is 23.0. The number of hydrogen-bond donors (Lipinski definition) is 0. The Morgan fingerprint density at radius 3 is 2.13 bits per heavy atom. The molecule has 130 valence electrons. The molecule has 0 bridgehead atoms. The van der Waals surface area contributed by atoms with Crippen LogP contribution in [0.5, 0.6) is 0 Å². The van der Waals surface area contributed by atoms with Crippen LogP contribution in [0, 0.1) is 11.8 Å². The number of aryl methyl sites for hydroxylation is 1. The highest BCUT2D eigenvalue weighted by Gasteiger charge is 2.23. The van der Waals surface area contributed by atoms with Gasteiger partial charge in [0, 0.05) is 41.6 Å². The molecule has 1 aromatic carbocycles. The van der Waals surface area contributed by atoms with Crippen molar-refractivity contribution in [2.24, 2.45) is 11.8 Å². The molecule has 0 saturated heterocycles. The molecule has 1 aromatic rings. The summed E-state index contributed by atoms with van der Waals surface area (Å²) in [6.07, 6.45) is 7.72. The van der Waals surface area contributed by atoms with Crippen LogP contribution in [-0.4, -0.2) is 29.3 Å². The molecular weight excluding hydrogens is 302 g/mol. The fraction of sp³-hybridized carbons (Fsp3) is 0.700. The summed E-state index contributed by atoms with van der Waals surface area (Å²) in [4.78, 5) is 2.14. The first-order chi connectivity index (χ1) is 11.0. The molecule has 0 heterocycles. The largest absolute Gasteiger partial charge is 0.378 e. The molecule has 1 fully saturated rings. The molecule has 0 spiro atoms. The average Bonchev–Trinajstić information content (AvgIpc) is 2.54. The van der Waals surface area contributed by atoms with Gasteiger partial charge < -0.3 is 4.90 Å². The zero-order valence-corrected chi connectivity index (χ0v) is 16.1. The monoisotopic (exact) mass is 335 g/mol. The van der Waals surface area contributed by atoms with Crippen LogP contribution in [-0.2, 0) is 17.2 Å². The van der Waals surface area contributed by atoms with Crippen LogP contribution in [0.1, 0.15) is 51.5 Å². The Hall–Kier alpha value is -0.830. The molecule has 1 unspecified atom stereocenters. The smallest absolute Gasteiger partial charge is 0.0361 e. The first-order valence-electron chi connectivity index (χ1n) is 9.09. The number of nitrogens with zero attached hydrogens (tertiary/aromatic N) is 1. The second-order valence-corrected chi connectivity index (χ2v) is 9.62. The van der Waals surface area contributed by atoms with Crippen molar-refractivity contribution in [2.45, 2.75) is 57.6 Å². The lowest BCUT2D eigenvalue weighted by Gasteiger charge is -2.28. The van der Waals surface area contributed by atoms with Gasteiger partial charge >= 0.3 is 0 Å². The van der Waals surface area contributed by atoms with Gasteiger partial charge in [0.15, 0.2) is 0 Å². The van der Waals surface area contributed by atoms with Gasteiger partial charge in [0.25, 0.3) is 0 Å². The molecule has 0 aliphatic heterocycles. The minimum Gasteiger partial charge on any atom is -0.378 e. The van der Waals surface area contributed by atoms with Crippen molar-refractivity contribution in [2.75, 3.05) is 24.7 Å². The zero-order chi connectivity index (χ0) is 16.8.